The highest BCUT2D eigenvalue weighted by Crippen LogP contribution is 2.18. The Labute approximate surface area is 161 Å². The molecule has 0 fully saturated rings. The fraction of sp³-hybridized carbons (Fsp3) is 0.143. The molecule has 1 amide bonds. The molecule has 0 atom stereocenters. The van der Waals surface area contributed by atoms with Gasteiger partial charge in [-0.1, -0.05) is 30.3 Å². The molecule has 0 saturated carbocycles. The molecule has 7 heteroatoms. The maximum atomic E-state index is 12.8. The number of carbonyl (C=O) groups excluding carboxylic acids is 1. The summed E-state index contributed by atoms with van der Waals surface area (Å²) in [6.07, 6.45) is 0. The lowest BCUT2D eigenvalue weighted by molar-refractivity contribution is 0.0963. The molecule has 0 saturated heterocycles. The average molecular weight is 373 g/mol. The molecule has 0 spiro atoms. The number of anilines is 1. The highest BCUT2D eigenvalue weighted by Gasteiger charge is 2.14. The quantitative estimate of drug-likeness (QED) is 0.537. The number of amides is 1. The molecule has 0 aliphatic carbocycles. The van der Waals surface area contributed by atoms with Gasteiger partial charge in [0.05, 0.1) is 22.0 Å². The third-order valence-electron chi connectivity index (χ3n) is 4.55. The van der Waals surface area contributed by atoms with E-state index in [1.54, 1.807) is 24.3 Å². The van der Waals surface area contributed by atoms with Crippen LogP contribution in [0.5, 0.6) is 0 Å². The van der Waals surface area contributed by atoms with Gasteiger partial charge in [-0.05, 0) is 38.1 Å². The highest BCUT2D eigenvalue weighted by atomic mass is 16.2. The zero-order chi connectivity index (χ0) is 19.7. The molecule has 0 radical (unpaired) electrons. The van der Waals surface area contributed by atoms with Crippen LogP contribution in [-0.2, 0) is 6.54 Å². The molecule has 140 valence electrons. The summed E-state index contributed by atoms with van der Waals surface area (Å²) >= 11 is 0. The smallest absolute Gasteiger partial charge is 0.270 e. The Bertz CT molecular complexity index is 1260. The number of aryl methyl sites for hydroxylation is 1. The summed E-state index contributed by atoms with van der Waals surface area (Å²) in [6.45, 7) is 4.12. The number of rotatable bonds is 4. The molecule has 2 heterocycles. The normalized spacial score (nSPS) is 10.9. The van der Waals surface area contributed by atoms with E-state index in [-0.39, 0.29) is 17.4 Å². The molecule has 4 aromatic rings. The van der Waals surface area contributed by atoms with Crippen LogP contribution in [-0.4, -0.2) is 20.4 Å². The number of hydrazine groups is 1. The van der Waals surface area contributed by atoms with Crippen molar-refractivity contribution in [3.63, 3.8) is 0 Å². The lowest BCUT2D eigenvalue weighted by Crippen LogP contribution is -2.34. The largest absolute Gasteiger partial charge is 0.277 e. The Morgan fingerprint density at radius 1 is 1.00 bits per heavy atom. The second-order valence-electron chi connectivity index (χ2n) is 6.41. The van der Waals surface area contributed by atoms with Crippen molar-refractivity contribution in [3.05, 3.63) is 76.2 Å². The zero-order valence-electron chi connectivity index (χ0n) is 15.6. The topological polar surface area (TPSA) is 88.9 Å². The van der Waals surface area contributed by atoms with Gasteiger partial charge in [0.2, 0.25) is 5.95 Å². The third-order valence-corrected chi connectivity index (χ3v) is 4.55. The molecular weight excluding hydrogens is 354 g/mol. The van der Waals surface area contributed by atoms with Gasteiger partial charge in [0.25, 0.3) is 11.5 Å². The summed E-state index contributed by atoms with van der Waals surface area (Å²) in [4.78, 5) is 34.4. The van der Waals surface area contributed by atoms with Crippen LogP contribution in [0.15, 0.2) is 59.4 Å². The molecule has 0 aliphatic heterocycles. The van der Waals surface area contributed by atoms with Crippen LogP contribution in [0.25, 0.3) is 21.8 Å². The van der Waals surface area contributed by atoms with E-state index in [4.69, 9.17) is 0 Å². The molecule has 0 bridgehead atoms. The summed E-state index contributed by atoms with van der Waals surface area (Å²) in [7, 11) is 0. The van der Waals surface area contributed by atoms with Crippen LogP contribution >= 0.6 is 0 Å². The second-order valence-corrected chi connectivity index (χ2v) is 6.41. The fourth-order valence-corrected chi connectivity index (χ4v) is 3.23. The first-order valence-electron chi connectivity index (χ1n) is 9.01. The van der Waals surface area contributed by atoms with Gasteiger partial charge in [-0.2, -0.15) is 0 Å². The van der Waals surface area contributed by atoms with Crippen LogP contribution in [0.4, 0.5) is 5.95 Å². The minimum Gasteiger partial charge on any atom is -0.277 e. The molecule has 2 aromatic heterocycles. The lowest BCUT2D eigenvalue weighted by atomic mass is 10.1. The van der Waals surface area contributed by atoms with Gasteiger partial charge < -0.3 is 0 Å². The third kappa shape index (κ3) is 3.07. The first-order valence-corrected chi connectivity index (χ1v) is 9.01. The van der Waals surface area contributed by atoms with Gasteiger partial charge in [-0.15, -0.1) is 0 Å². The van der Waals surface area contributed by atoms with Crippen LogP contribution in [0.3, 0.4) is 0 Å². The molecule has 28 heavy (non-hydrogen) atoms. The average Bonchev–Trinajstić information content (AvgIpc) is 2.71. The van der Waals surface area contributed by atoms with Crippen molar-refractivity contribution >= 4 is 33.7 Å². The number of carbonyl (C=O) groups is 1. The zero-order valence-corrected chi connectivity index (χ0v) is 15.6. The van der Waals surface area contributed by atoms with Crippen LogP contribution < -0.4 is 16.4 Å². The number of benzene rings is 2. The van der Waals surface area contributed by atoms with Gasteiger partial charge in [0.15, 0.2) is 0 Å². The van der Waals surface area contributed by atoms with Crippen LogP contribution in [0, 0.1) is 6.92 Å². The van der Waals surface area contributed by atoms with Crippen molar-refractivity contribution in [2.45, 2.75) is 20.4 Å². The van der Waals surface area contributed by atoms with Crippen LogP contribution in [0.2, 0.25) is 0 Å². The van der Waals surface area contributed by atoms with E-state index >= 15 is 0 Å². The lowest BCUT2D eigenvalue weighted by Gasteiger charge is -2.14. The predicted molar refractivity (Wildman–Crippen MR) is 109 cm³/mol. The predicted octanol–water partition coefficient (Wildman–Crippen LogP) is 3.03. The van der Waals surface area contributed by atoms with E-state index in [9.17, 15) is 9.59 Å². The monoisotopic (exact) mass is 373 g/mol. The minimum atomic E-state index is -0.327. The van der Waals surface area contributed by atoms with E-state index in [1.165, 1.54) is 4.57 Å². The SMILES string of the molecule is CCn1c(NNC(=O)c2cc(C)nc3ccccc23)nc2ccccc2c1=O. The summed E-state index contributed by atoms with van der Waals surface area (Å²) < 4.78 is 1.48. The van der Waals surface area contributed by atoms with E-state index in [2.05, 4.69) is 20.8 Å². The maximum absolute atomic E-state index is 12.8. The number of pyridine rings is 1. The van der Waals surface area contributed by atoms with E-state index in [1.807, 2.05) is 44.2 Å². The molecule has 7 nitrogen and oxygen atoms in total. The van der Waals surface area contributed by atoms with Gasteiger partial charge in [0, 0.05) is 17.6 Å². The van der Waals surface area contributed by atoms with E-state index < -0.39 is 0 Å². The van der Waals surface area contributed by atoms with Crippen molar-refractivity contribution in [1.29, 1.82) is 0 Å². The van der Waals surface area contributed by atoms with Crippen LogP contribution in [0.1, 0.15) is 23.0 Å². The molecule has 2 aromatic carbocycles. The first-order chi connectivity index (χ1) is 13.6. The van der Waals surface area contributed by atoms with Gasteiger partial charge in [-0.25, -0.2) is 4.98 Å². The number of aromatic nitrogens is 3. The Kier molecular flexibility index (Phi) is 4.49. The highest BCUT2D eigenvalue weighted by molar-refractivity contribution is 6.06. The van der Waals surface area contributed by atoms with Crippen molar-refractivity contribution in [3.8, 4) is 0 Å². The minimum absolute atomic E-state index is 0.157. The number of para-hydroxylation sites is 2. The Hall–Kier alpha value is -3.74. The fourth-order valence-electron chi connectivity index (χ4n) is 3.23. The molecule has 4 rings (SSSR count). The number of nitrogens with zero attached hydrogens (tertiary/aromatic N) is 3. The van der Waals surface area contributed by atoms with Gasteiger partial charge in [0.1, 0.15) is 0 Å². The number of hydrogen-bond donors (Lipinski definition) is 2. The number of hydrogen-bond acceptors (Lipinski definition) is 5. The second kappa shape index (κ2) is 7.11. The number of nitrogens with one attached hydrogen (secondary N) is 2. The van der Waals surface area contributed by atoms with E-state index in [0.29, 0.717) is 23.0 Å². The Morgan fingerprint density at radius 2 is 1.64 bits per heavy atom. The standard InChI is InChI=1S/C21H19N5O2/c1-3-26-20(28)15-9-5-7-11-18(15)23-21(26)25-24-19(27)16-12-13(2)22-17-10-6-4-8-14(16)17/h4-12H,3H2,1-2H3,(H,23,25)(H,24,27). The summed E-state index contributed by atoms with van der Waals surface area (Å²) in [5.74, 6) is -0.0404. The van der Waals surface area contributed by atoms with Crippen molar-refractivity contribution in [2.75, 3.05) is 5.43 Å². The molecule has 0 aliphatic rings. The molecule has 2 N–H and O–H groups in total. The first kappa shape index (κ1) is 17.7. The molecule has 0 unspecified atom stereocenters. The summed E-state index contributed by atoms with van der Waals surface area (Å²) in [5, 5.41) is 1.30. The Morgan fingerprint density at radius 3 is 2.36 bits per heavy atom. The van der Waals surface area contributed by atoms with Gasteiger partial charge >= 0.3 is 0 Å². The van der Waals surface area contributed by atoms with Gasteiger partial charge in [-0.3, -0.25) is 30.0 Å². The van der Waals surface area contributed by atoms with Crippen molar-refractivity contribution in [1.82, 2.24) is 20.0 Å². The summed E-state index contributed by atoms with van der Waals surface area (Å²) in [6, 6.07) is 16.3. The number of fused-ring (bicyclic) bond motifs is 2. The maximum Gasteiger partial charge on any atom is 0.270 e. The van der Waals surface area contributed by atoms with Crippen molar-refractivity contribution < 1.29 is 4.79 Å². The van der Waals surface area contributed by atoms with Crippen molar-refractivity contribution in [2.24, 2.45) is 0 Å². The molecular formula is C21H19N5O2. The summed E-state index contributed by atoms with van der Waals surface area (Å²) in [5.41, 5.74) is 7.89. The Balaban J connectivity index is 1.69. The van der Waals surface area contributed by atoms with E-state index in [0.717, 1.165) is 16.6 Å².